The van der Waals surface area contributed by atoms with Crippen LogP contribution in [0.5, 0.6) is 11.5 Å². The zero-order valence-electron chi connectivity index (χ0n) is 11.9. The molecular weight excluding hydrogens is 280 g/mol. The number of nitrogens with one attached hydrogen (secondary N) is 1. The third-order valence-corrected chi connectivity index (χ3v) is 2.75. The van der Waals surface area contributed by atoms with Gasteiger partial charge in [-0.1, -0.05) is 36.9 Å². The molecule has 0 aromatic heterocycles. The summed E-state index contributed by atoms with van der Waals surface area (Å²) >= 11 is 0. The first-order valence-corrected chi connectivity index (χ1v) is 6.66. The molecule has 2 aromatic carbocycles. The monoisotopic (exact) mass is 296 g/mol. The first-order chi connectivity index (χ1) is 10.7. The Hall–Kier alpha value is -3.08. The molecular formula is C17H16N2O3. The largest absolute Gasteiger partial charge is 0.507 e. The van der Waals surface area contributed by atoms with E-state index in [1.807, 2.05) is 18.2 Å². The predicted octanol–water partition coefficient (Wildman–Crippen LogP) is 2.72. The zero-order chi connectivity index (χ0) is 15.8. The van der Waals surface area contributed by atoms with Crippen LogP contribution in [0, 0.1) is 0 Å². The summed E-state index contributed by atoms with van der Waals surface area (Å²) in [5.41, 5.74) is 3.31. The van der Waals surface area contributed by atoms with Crippen LogP contribution in [-0.4, -0.2) is 23.8 Å². The van der Waals surface area contributed by atoms with Crippen LogP contribution in [0.15, 0.2) is 66.3 Å². The molecule has 5 heteroatoms. The van der Waals surface area contributed by atoms with Crippen molar-refractivity contribution < 1.29 is 14.6 Å². The van der Waals surface area contributed by atoms with Gasteiger partial charge in [-0.3, -0.25) is 4.79 Å². The maximum Gasteiger partial charge on any atom is 0.275 e. The van der Waals surface area contributed by atoms with Crippen molar-refractivity contribution in [2.75, 3.05) is 6.61 Å². The van der Waals surface area contributed by atoms with Crippen LogP contribution in [0.25, 0.3) is 0 Å². The van der Waals surface area contributed by atoms with Crippen molar-refractivity contribution in [3.63, 3.8) is 0 Å². The van der Waals surface area contributed by atoms with Crippen LogP contribution in [0.2, 0.25) is 0 Å². The van der Waals surface area contributed by atoms with Crippen LogP contribution in [-0.2, 0) is 0 Å². The third kappa shape index (κ3) is 4.21. The van der Waals surface area contributed by atoms with Gasteiger partial charge in [-0.2, -0.15) is 5.10 Å². The fraction of sp³-hybridized carbons (Fsp3) is 0.0588. The molecule has 22 heavy (non-hydrogen) atoms. The van der Waals surface area contributed by atoms with Gasteiger partial charge in [0.2, 0.25) is 0 Å². The Morgan fingerprint density at radius 1 is 1.27 bits per heavy atom. The summed E-state index contributed by atoms with van der Waals surface area (Å²) in [4.78, 5) is 11.8. The number of phenolic OH excluding ortho intramolecular Hbond substituents is 1. The minimum atomic E-state index is -0.478. The molecule has 2 aromatic rings. The number of phenols is 1. The molecule has 5 nitrogen and oxygen atoms in total. The number of rotatable bonds is 6. The molecule has 2 N–H and O–H groups in total. The maximum absolute atomic E-state index is 11.8. The maximum atomic E-state index is 11.8. The summed E-state index contributed by atoms with van der Waals surface area (Å²) in [6, 6.07) is 13.5. The minimum absolute atomic E-state index is 0.0879. The fourth-order valence-electron chi connectivity index (χ4n) is 1.73. The smallest absolute Gasteiger partial charge is 0.275 e. The van der Waals surface area contributed by atoms with Crippen LogP contribution in [0.4, 0.5) is 0 Å². The number of ether oxygens (including phenoxy) is 1. The second-order valence-corrected chi connectivity index (χ2v) is 4.39. The average Bonchev–Trinajstić information content (AvgIpc) is 2.53. The Bertz CT molecular complexity index is 696. The highest BCUT2D eigenvalue weighted by Crippen LogP contribution is 2.15. The lowest BCUT2D eigenvalue weighted by atomic mass is 10.2. The standard InChI is InChI=1S/C17H16N2O3/c1-2-10-22-14-7-5-6-13(11-14)12-18-19-17(21)15-8-3-4-9-16(15)20/h2-9,11-12,20H,1,10H2,(H,19,21). The molecule has 0 aliphatic carbocycles. The van der Waals surface area contributed by atoms with Gasteiger partial charge < -0.3 is 9.84 Å². The molecule has 0 aliphatic rings. The second kappa shape index (κ2) is 7.64. The van der Waals surface area contributed by atoms with E-state index in [1.54, 1.807) is 24.3 Å². The van der Waals surface area contributed by atoms with Gasteiger partial charge in [-0.25, -0.2) is 5.43 Å². The van der Waals surface area contributed by atoms with E-state index < -0.39 is 5.91 Å². The summed E-state index contributed by atoms with van der Waals surface area (Å²) < 4.78 is 5.41. The lowest BCUT2D eigenvalue weighted by Gasteiger charge is -2.04. The summed E-state index contributed by atoms with van der Waals surface area (Å²) in [5.74, 6) is 0.124. The van der Waals surface area contributed by atoms with Crippen molar-refractivity contribution in [3.8, 4) is 11.5 Å². The van der Waals surface area contributed by atoms with Gasteiger partial charge in [0.1, 0.15) is 18.1 Å². The molecule has 1 amide bonds. The number of aromatic hydroxyl groups is 1. The molecule has 0 saturated heterocycles. The molecule has 0 atom stereocenters. The van der Waals surface area contributed by atoms with Crippen molar-refractivity contribution in [1.82, 2.24) is 5.43 Å². The van der Waals surface area contributed by atoms with E-state index in [-0.39, 0.29) is 11.3 Å². The van der Waals surface area contributed by atoms with Gasteiger partial charge in [0, 0.05) is 0 Å². The highest BCUT2D eigenvalue weighted by Gasteiger charge is 2.08. The molecule has 0 saturated carbocycles. The molecule has 0 fully saturated rings. The lowest BCUT2D eigenvalue weighted by Crippen LogP contribution is -2.17. The summed E-state index contributed by atoms with van der Waals surface area (Å²) in [6.07, 6.45) is 3.16. The normalized spacial score (nSPS) is 10.4. The van der Waals surface area contributed by atoms with E-state index in [9.17, 15) is 9.90 Å². The molecule has 2 rings (SSSR count). The van der Waals surface area contributed by atoms with Crippen LogP contribution < -0.4 is 10.2 Å². The molecule has 0 aliphatic heterocycles. The van der Waals surface area contributed by atoms with Crippen molar-refractivity contribution in [2.45, 2.75) is 0 Å². The molecule has 0 heterocycles. The Morgan fingerprint density at radius 3 is 2.86 bits per heavy atom. The van der Waals surface area contributed by atoms with E-state index in [4.69, 9.17) is 4.74 Å². The summed E-state index contributed by atoms with van der Waals surface area (Å²) in [5, 5.41) is 13.4. The minimum Gasteiger partial charge on any atom is -0.507 e. The number of hydrazone groups is 1. The molecule has 112 valence electrons. The number of benzene rings is 2. The van der Waals surface area contributed by atoms with Crippen molar-refractivity contribution in [1.29, 1.82) is 0 Å². The topological polar surface area (TPSA) is 70.9 Å². The number of carbonyl (C=O) groups excluding carboxylic acids is 1. The van der Waals surface area contributed by atoms with E-state index in [0.717, 1.165) is 5.56 Å². The summed E-state index contributed by atoms with van der Waals surface area (Å²) in [7, 11) is 0. The van der Waals surface area contributed by atoms with Crippen LogP contribution in [0.3, 0.4) is 0 Å². The number of carbonyl (C=O) groups is 1. The molecule has 0 radical (unpaired) electrons. The van der Waals surface area contributed by atoms with E-state index in [2.05, 4.69) is 17.1 Å². The molecule has 0 bridgehead atoms. The average molecular weight is 296 g/mol. The fourth-order valence-corrected chi connectivity index (χ4v) is 1.73. The number of hydrogen-bond donors (Lipinski definition) is 2. The quantitative estimate of drug-likeness (QED) is 0.489. The Labute approximate surface area is 128 Å². The van der Waals surface area contributed by atoms with Gasteiger partial charge in [0.05, 0.1) is 11.8 Å². The number of amides is 1. The third-order valence-electron chi connectivity index (χ3n) is 2.75. The van der Waals surface area contributed by atoms with Crippen LogP contribution >= 0.6 is 0 Å². The van der Waals surface area contributed by atoms with Gasteiger partial charge in [-0.15, -0.1) is 0 Å². The van der Waals surface area contributed by atoms with Gasteiger partial charge >= 0.3 is 0 Å². The van der Waals surface area contributed by atoms with E-state index >= 15 is 0 Å². The van der Waals surface area contributed by atoms with Crippen molar-refractivity contribution in [2.24, 2.45) is 5.10 Å². The SMILES string of the molecule is C=CCOc1cccc(C=NNC(=O)c2ccccc2O)c1. The van der Waals surface area contributed by atoms with E-state index in [0.29, 0.717) is 12.4 Å². The van der Waals surface area contributed by atoms with E-state index in [1.165, 1.54) is 18.3 Å². The van der Waals surface area contributed by atoms with Crippen molar-refractivity contribution >= 4 is 12.1 Å². The second-order valence-electron chi connectivity index (χ2n) is 4.39. The predicted molar refractivity (Wildman–Crippen MR) is 85.3 cm³/mol. The first-order valence-electron chi connectivity index (χ1n) is 6.66. The summed E-state index contributed by atoms with van der Waals surface area (Å²) in [6.45, 7) is 4.01. The number of nitrogens with zero attached hydrogens (tertiary/aromatic N) is 1. The number of hydrogen-bond acceptors (Lipinski definition) is 4. The molecule has 0 unspecified atom stereocenters. The van der Waals surface area contributed by atoms with Gasteiger partial charge in [0.25, 0.3) is 5.91 Å². The van der Waals surface area contributed by atoms with Crippen LogP contribution in [0.1, 0.15) is 15.9 Å². The highest BCUT2D eigenvalue weighted by molar-refractivity contribution is 5.97. The highest BCUT2D eigenvalue weighted by atomic mass is 16.5. The Balaban J connectivity index is 1.99. The van der Waals surface area contributed by atoms with Gasteiger partial charge in [-0.05, 0) is 29.8 Å². The van der Waals surface area contributed by atoms with Gasteiger partial charge in [0.15, 0.2) is 0 Å². The molecule has 0 spiro atoms. The zero-order valence-corrected chi connectivity index (χ0v) is 11.9. The Kier molecular flexibility index (Phi) is 5.31. The number of para-hydroxylation sites is 1. The lowest BCUT2D eigenvalue weighted by molar-refractivity contribution is 0.0952. The first kappa shape index (κ1) is 15.3. The van der Waals surface area contributed by atoms with Crippen molar-refractivity contribution in [3.05, 3.63) is 72.3 Å². The Morgan fingerprint density at radius 2 is 2.09 bits per heavy atom.